The molecule has 0 radical (unpaired) electrons. The highest BCUT2D eigenvalue weighted by Gasteiger charge is 2.71. The van der Waals surface area contributed by atoms with Gasteiger partial charge in [-0.2, -0.15) is 0 Å². The van der Waals surface area contributed by atoms with Crippen molar-refractivity contribution in [1.29, 1.82) is 0 Å². The molecule has 0 bridgehead atoms. The minimum atomic E-state index is -0.277. The second-order valence-corrected chi connectivity index (χ2v) is 14.6. The van der Waals surface area contributed by atoms with Crippen LogP contribution in [0.4, 0.5) is 0 Å². The summed E-state index contributed by atoms with van der Waals surface area (Å²) in [6.07, 6.45) is 10.4. The van der Waals surface area contributed by atoms with Gasteiger partial charge in [-0.3, -0.25) is 0 Å². The van der Waals surface area contributed by atoms with Crippen molar-refractivity contribution in [3.05, 3.63) is 11.6 Å². The van der Waals surface area contributed by atoms with Gasteiger partial charge in [-0.05, 0) is 125 Å². The molecule has 5 aliphatic rings. The van der Waals surface area contributed by atoms with Gasteiger partial charge >= 0.3 is 0 Å². The van der Waals surface area contributed by atoms with E-state index >= 15 is 0 Å². The van der Waals surface area contributed by atoms with Gasteiger partial charge in [0.15, 0.2) is 0 Å². The largest absolute Gasteiger partial charge is 0.393 e. The highest BCUT2D eigenvalue weighted by Crippen LogP contribution is 2.75. The lowest BCUT2D eigenvalue weighted by atomic mass is 9.36. The SMILES string of the molecule is CC1=CC[C@@]2(C)[C@@H]([C@@H](O)C[C@]3(C)[C@@H]2C[C@@H](O)[C@@H]2[C@@H]([C@@]4(C)CCCC(C)(C)O4)CC[C@]23C)[C@H]1C. The van der Waals surface area contributed by atoms with E-state index in [-0.39, 0.29) is 45.6 Å². The van der Waals surface area contributed by atoms with Crippen molar-refractivity contribution in [1.82, 2.24) is 0 Å². The molecular weight excluding hydrogens is 408 g/mol. The maximum absolute atomic E-state index is 11.9. The lowest BCUT2D eigenvalue weighted by molar-refractivity contribution is -0.256. The lowest BCUT2D eigenvalue weighted by Gasteiger charge is -2.69. The first-order valence-corrected chi connectivity index (χ1v) is 13.9. The summed E-state index contributed by atoms with van der Waals surface area (Å²) >= 11 is 0. The van der Waals surface area contributed by atoms with Crippen molar-refractivity contribution in [3.8, 4) is 0 Å². The third-order valence-corrected chi connectivity index (χ3v) is 12.6. The second kappa shape index (κ2) is 7.32. The molecule has 5 rings (SSSR count). The summed E-state index contributed by atoms with van der Waals surface area (Å²) in [6.45, 7) is 18.8. The van der Waals surface area contributed by atoms with Crippen LogP contribution in [0.3, 0.4) is 0 Å². The highest BCUT2D eigenvalue weighted by atomic mass is 16.5. The Morgan fingerprint density at radius 2 is 1.61 bits per heavy atom. The van der Waals surface area contributed by atoms with Crippen LogP contribution >= 0.6 is 0 Å². The predicted octanol–water partition coefficient (Wildman–Crippen LogP) is 6.52. The molecule has 3 saturated carbocycles. The summed E-state index contributed by atoms with van der Waals surface area (Å²) < 4.78 is 6.84. The molecule has 11 atom stereocenters. The van der Waals surface area contributed by atoms with Gasteiger partial charge in [-0.1, -0.05) is 39.3 Å². The van der Waals surface area contributed by atoms with E-state index < -0.39 is 0 Å². The zero-order chi connectivity index (χ0) is 24.2. The van der Waals surface area contributed by atoms with Crippen molar-refractivity contribution in [2.45, 2.75) is 130 Å². The number of aliphatic hydroxyl groups is 2. The maximum Gasteiger partial charge on any atom is 0.0693 e. The molecule has 1 heterocycles. The Balaban J connectivity index is 1.54. The molecule has 4 aliphatic carbocycles. The Bertz CT molecular complexity index is 832. The Labute approximate surface area is 202 Å². The van der Waals surface area contributed by atoms with Gasteiger partial charge in [0.1, 0.15) is 0 Å². The zero-order valence-corrected chi connectivity index (χ0v) is 22.6. The molecule has 3 heteroatoms. The van der Waals surface area contributed by atoms with Crippen LogP contribution in [-0.4, -0.2) is 33.6 Å². The summed E-state index contributed by atoms with van der Waals surface area (Å²) in [6, 6.07) is 0. The predicted molar refractivity (Wildman–Crippen MR) is 134 cm³/mol. The lowest BCUT2D eigenvalue weighted by Crippen LogP contribution is -2.67. The first kappa shape index (κ1) is 24.3. The monoisotopic (exact) mass is 458 g/mol. The smallest absolute Gasteiger partial charge is 0.0693 e. The number of fused-ring (bicyclic) bond motifs is 5. The van der Waals surface area contributed by atoms with Gasteiger partial charge in [-0.15, -0.1) is 0 Å². The summed E-state index contributed by atoms with van der Waals surface area (Å²) in [5.74, 6) is 1.80. The third kappa shape index (κ3) is 3.17. The molecular formula is C30H50O3. The molecule has 1 aliphatic heterocycles. The van der Waals surface area contributed by atoms with E-state index in [2.05, 4.69) is 61.5 Å². The van der Waals surface area contributed by atoms with Gasteiger partial charge in [0, 0.05) is 0 Å². The van der Waals surface area contributed by atoms with E-state index in [0.29, 0.717) is 23.7 Å². The molecule has 0 amide bonds. The van der Waals surface area contributed by atoms with Crippen LogP contribution < -0.4 is 0 Å². The van der Waals surface area contributed by atoms with Gasteiger partial charge in [-0.25, -0.2) is 0 Å². The molecule has 188 valence electrons. The fourth-order valence-corrected chi connectivity index (χ4v) is 10.8. The Morgan fingerprint density at radius 1 is 0.909 bits per heavy atom. The summed E-state index contributed by atoms with van der Waals surface area (Å²) in [7, 11) is 0. The quantitative estimate of drug-likeness (QED) is 0.440. The fraction of sp³-hybridized carbons (Fsp3) is 0.933. The van der Waals surface area contributed by atoms with E-state index in [1.165, 1.54) is 12.0 Å². The molecule has 33 heavy (non-hydrogen) atoms. The van der Waals surface area contributed by atoms with Crippen LogP contribution in [0.15, 0.2) is 11.6 Å². The van der Waals surface area contributed by atoms with Crippen molar-refractivity contribution < 1.29 is 14.9 Å². The molecule has 1 saturated heterocycles. The average Bonchev–Trinajstić information content (AvgIpc) is 3.07. The minimum absolute atomic E-state index is 0.0301. The highest BCUT2D eigenvalue weighted by molar-refractivity contribution is 5.24. The first-order valence-electron chi connectivity index (χ1n) is 13.9. The topological polar surface area (TPSA) is 49.7 Å². The molecule has 0 aromatic rings. The van der Waals surface area contributed by atoms with Crippen LogP contribution in [0.5, 0.6) is 0 Å². The van der Waals surface area contributed by atoms with Gasteiger partial charge in [0.2, 0.25) is 0 Å². The van der Waals surface area contributed by atoms with Gasteiger partial charge in [0.05, 0.1) is 23.4 Å². The van der Waals surface area contributed by atoms with E-state index in [9.17, 15) is 10.2 Å². The normalized spacial score (nSPS) is 58.1. The van der Waals surface area contributed by atoms with Crippen LogP contribution in [0.1, 0.15) is 107 Å². The second-order valence-electron chi connectivity index (χ2n) is 14.6. The van der Waals surface area contributed by atoms with Crippen LogP contribution in [0, 0.1) is 45.8 Å². The number of hydrogen-bond donors (Lipinski definition) is 2. The van der Waals surface area contributed by atoms with E-state index in [1.54, 1.807) is 0 Å². The summed E-state index contributed by atoms with van der Waals surface area (Å²) in [5.41, 5.74) is 1.31. The van der Waals surface area contributed by atoms with Crippen molar-refractivity contribution in [2.24, 2.45) is 45.8 Å². The number of allylic oxidation sites excluding steroid dienone is 2. The Kier molecular flexibility index (Phi) is 5.40. The average molecular weight is 459 g/mol. The molecule has 0 aromatic heterocycles. The Morgan fingerprint density at radius 3 is 2.27 bits per heavy atom. The van der Waals surface area contributed by atoms with E-state index in [1.807, 2.05) is 0 Å². The molecule has 0 aromatic carbocycles. The summed E-state index contributed by atoms with van der Waals surface area (Å²) in [4.78, 5) is 0. The molecule has 0 unspecified atom stereocenters. The Hall–Kier alpha value is -0.380. The van der Waals surface area contributed by atoms with Crippen molar-refractivity contribution in [3.63, 3.8) is 0 Å². The molecule has 3 nitrogen and oxygen atoms in total. The number of rotatable bonds is 1. The number of aliphatic hydroxyl groups excluding tert-OH is 2. The molecule has 4 fully saturated rings. The van der Waals surface area contributed by atoms with Crippen molar-refractivity contribution >= 4 is 0 Å². The van der Waals surface area contributed by atoms with Crippen LogP contribution in [0.25, 0.3) is 0 Å². The van der Waals surface area contributed by atoms with Gasteiger partial charge in [0.25, 0.3) is 0 Å². The third-order valence-electron chi connectivity index (χ3n) is 12.6. The maximum atomic E-state index is 11.9. The van der Waals surface area contributed by atoms with E-state index in [4.69, 9.17) is 4.74 Å². The number of ether oxygens (including phenoxy) is 1. The minimum Gasteiger partial charge on any atom is -0.393 e. The van der Waals surface area contributed by atoms with Crippen molar-refractivity contribution in [2.75, 3.05) is 0 Å². The first-order chi connectivity index (χ1) is 15.2. The summed E-state index contributed by atoms with van der Waals surface area (Å²) in [5, 5.41) is 23.6. The molecule has 0 spiro atoms. The standard InChI is InChI=1S/C30H50O3/c1-18-10-14-27(5)23-16-21(31)25-20(30(8)13-9-12-26(3,4)33-30)11-15-28(25,6)29(23,7)17-22(32)24(27)19(18)2/h10,19-25,31-32H,9,11-17H2,1-8H3/t19-,20-,21+,22-,23+,24+,25-,27+,28+,29+,30+/m0/s1. The zero-order valence-electron chi connectivity index (χ0n) is 22.6. The number of hydrogen-bond acceptors (Lipinski definition) is 3. The fourth-order valence-electron chi connectivity index (χ4n) is 10.8. The van der Waals surface area contributed by atoms with Crippen LogP contribution in [0.2, 0.25) is 0 Å². The molecule has 2 N–H and O–H groups in total. The van der Waals surface area contributed by atoms with E-state index in [0.717, 1.165) is 44.9 Å². The van der Waals surface area contributed by atoms with Crippen LogP contribution in [-0.2, 0) is 4.74 Å². The van der Waals surface area contributed by atoms with Gasteiger partial charge < -0.3 is 14.9 Å².